The lowest BCUT2D eigenvalue weighted by Crippen LogP contribution is -1.96. The zero-order chi connectivity index (χ0) is 15.2. The van der Waals surface area contributed by atoms with E-state index in [0.717, 1.165) is 10.6 Å². The Kier molecular flexibility index (Phi) is 4.59. The van der Waals surface area contributed by atoms with Gasteiger partial charge in [-0.1, -0.05) is 17.5 Å². The number of halogens is 1. The molecule has 0 spiro atoms. The highest BCUT2D eigenvalue weighted by molar-refractivity contribution is 7.16. The van der Waals surface area contributed by atoms with E-state index in [1.54, 1.807) is 24.8 Å². The predicted molar refractivity (Wildman–Crippen MR) is 84.8 cm³/mol. The van der Waals surface area contributed by atoms with Crippen LogP contribution in [0.15, 0.2) is 43.1 Å². The van der Waals surface area contributed by atoms with E-state index in [1.807, 2.05) is 12.1 Å². The second kappa shape index (κ2) is 6.98. The van der Waals surface area contributed by atoms with Gasteiger partial charge in [0.1, 0.15) is 9.88 Å². The molecule has 0 aromatic carbocycles. The number of hydrogen-bond donors (Lipinski definition) is 0. The quantitative estimate of drug-likeness (QED) is 0.691. The summed E-state index contributed by atoms with van der Waals surface area (Å²) >= 11 is 7.52. The van der Waals surface area contributed by atoms with Gasteiger partial charge in [-0.25, -0.2) is 9.97 Å². The van der Waals surface area contributed by atoms with Crippen molar-refractivity contribution in [3.8, 4) is 28.3 Å². The van der Waals surface area contributed by atoms with Gasteiger partial charge in [0.05, 0.1) is 6.20 Å². The Morgan fingerprint density at radius 3 is 2.86 bits per heavy atom. The average Bonchev–Trinajstić information content (AvgIpc) is 2.94. The van der Waals surface area contributed by atoms with E-state index in [4.69, 9.17) is 16.3 Å². The zero-order valence-electron chi connectivity index (χ0n) is 11.2. The molecule has 0 atom stereocenters. The third-order valence-electron chi connectivity index (χ3n) is 2.53. The van der Waals surface area contributed by atoms with Gasteiger partial charge in [-0.2, -0.15) is 0 Å². The highest BCUT2D eigenvalue weighted by atomic mass is 35.5. The van der Waals surface area contributed by atoms with Gasteiger partial charge in [0, 0.05) is 30.4 Å². The maximum absolute atomic E-state index is 6.10. The topological polar surface area (TPSA) is 60.8 Å². The van der Waals surface area contributed by atoms with Crippen molar-refractivity contribution in [1.29, 1.82) is 0 Å². The van der Waals surface area contributed by atoms with Crippen molar-refractivity contribution >= 4 is 22.9 Å². The first-order chi connectivity index (χ1) is 10.8. The maximum atomic E-state index is 6.10. The van der Waals surface area contributed by atoms with Crippen LogP contribution in [0.2, 0.25) is 5.15 Å². The lowest BCUT2D eigenvalue weighted by Gasteiger charge is -1.97. The molecule has 0 saturated heterocycles. The van der Waals surface area contributed by atoms with Crippen molar-refractivity contribution in [2.75, 3.05) is 6.61 Å². The molecule has 0 aliphatic rings. The second-order valence-electron chi connectivity index (χ2n) is 4.01. The van der Waals surface area contributed by atoms with Gasteiger partial charge in [-0.3, -0.25) is 9.97 Å². The molecule has 0 aliphatic heterocycles. The number of aromatic nitrogens is 4. The minimum Gasteiger partial charge on any atom is -0.463 e. The predicted octanol–water partition coefficient (Wildman–Crippen LogP) is 3.08. The molecule has 3 heterocycles. The summed E-state index contributed by atoms with van der Waals surface area (Å²) < 4.78 is 5.34. The summed E-state index contributed by atoms with van der Waals surface area (Å²) in [5.41, 5.74) is 0.915. The van der Waals surface area contributed by atoms with Crippen LogP contribution >= 0.6 is 22.9 Å². The van der Waals surface area contributed by atoms with Gasteiger partial charge >= 0.3 is 0 Å². The molecule has 0 aliphatic carbocycles. The van der Waals surface area contributed by atoms with Gasteiger partial charge in [-0.05, 0) is 18.1 Å². The van der Waals surface area contributed by atoms with Gasteiger partial charge in [0.25, 0.3) is 0 Å². The summed E-state index contributed by atoms with van der Waals surface area (Å²) in [5, 5.41) is 1.17. The fourth-order valence-corrected chi connectivity index (χ4v) is 2.70. The maximum Gasteiger partial charge on any atom is 0.233 e. The standard InChI is InChI=1S/C15H9ClN4OS/c16-14-12(4-2-8-21-13-10-18-6-7-19-13)22-15(20-14)11-3-1-5-17-9-11/h1,3,5-7,9-10H,8H2. The molecule has 0 saturated carbocycles. The first kappa shape index (κ1) is 14.4. The Bertz CT molecular complexity index is 812. The molecule has 7 heteroatoms. The first-order valence-electron chi connectivity index (χ1n) is 6.27. The first-order valence-corrected chi connectivity index (χ1v) is 7.47. The molecule has 0 N–H and O–H groups in total. The summed E-state index contributed by atoms with van der Waals surface area (Å²) in [5.74, 6) is 6.27. The second-order valence-corrected chi connectivity index (χ2v) is 5.37. The summed E-state index contributed by atoms with van der Waals surface area (Å²) in [7, 11) is 0. The Hall–Kier alpha value is -2.49. The highest BCUT2D eigenvalue weighted by Crippen LogP contribution is 2.29. The third kappa shape index (κ3) is 3.58. The lowest BCUT2D eigenvalue weighted by atomic mass is 10.3. The van der Waals surface area contributed by atoms with E-state index in [1.165, 1.54) is 17.5 Å². The Morgan fingerprint density at radius 2 is 2.09 bits per heavy atom. The summed E-state index contributed by atoms with van der Waals surface area (Å²) in [6.45, 7) is 0.204. The Labute approximate surface area is 136 Å². The monoisotopic (exact) mass is 328 g/mol. The molecule has 0 radical (unpaired) electrons. The zero-order valence-corrected chi connectivity index (χ0v) is 12.8. The van der Waals surface area contributed by atoms with E-state index in [2.05, 4.69) is 31.8 Å². The van der Waals surface area contributed by atoms with Crippen LogP contribution in [0.4, 0.5) is 0 Å². The molecular weight excluding hydrogens is 320 g/mol. The smallest absolute Gasteiger partial charge is 0.233 e. The van der Waals surface area contributed by atoms with Gasteiger partial charge in [-0.15, -0.1) is 11.3 Å². The van der Waals surface area contributed by atoms with E-state index in [-0.39, 0.29) is 6.61 Å². The average molecular weight is 329 g/mol. The fraction of sp³-hybridized carbons (Fsp3) is 0.0667. The van der Waals surface area contributed by atoms with Crippen molar-refractivity contribution in [3.05, 3.63) is 53.1 Å². The molecule has 3 rings (SSSR count). The van der Waals surface area contributed by atoms with Crippen LogP contribution < -0.4 is 4.74 Å². The minimum absolute atomic E-state index is 0.204. The Balaban J connectivity index is 1.69. The number of nitrogens with zero attached hydrogens (tertiary/aromatic N) is 4. The Morgan fingerprint density at radius 1 is 1.18 bits per heavy atom. The van der Waals surface area contributed by atoms with Crippen molar-refractivity contribution in [1.82, 2.24) is 19.9 Å². The molecule has 0 fully saturated rings. The summed E-state index contributed by atoms with van der Waals surface area (Å²) in [6.07, 6.45) is 8.12. The molecule has 108 valence electrons. The molecular formula is C15H9ClN4OS. The van der Waals surface area contributed by atoms with Crippen LogP contribution in [0.25, 0.3) is 10.6 Å². The molecule has 5 nitrogen and oxygen atoms in total. The van der Waals surface area contributed by atoms with E-state index in [9.17, 15) is 0 Å². The van der Waals surface area contributed by atoms with Crippen molar-refractivity contribution < 1.29 is 4.74 Å². The third-order valence-corrected chi connectivity index (χ3v) is 3.93. The van der Waals surface area contributed by atoms with E-state index in [0.29, 0.717) is 15.9 Å². The van der Waals surface area contributed by atoms with Crippen LogP contribution in [0.3, 0.4) is 0 Å². The summed E-state index contributed by atoms with van der Waals surface area (Å²) in [6, 6.07) is 3.78. The highest BCUT2D eigenvalue weighted by Gasteiger charge is 2.09. The van der Waals surface area contributed by atoms with Crippen molar-refractivity contribution in [3.63, 3.8) is 0 Å². The van der Waals surface area contributed by atoms with Gasteiger partial charge in [0.2, 0.25) is 5.88 Å². The largest absolute Gasteiger partial charge is 0.463 e. The molecule has 0 amide bonds. The van der Waals surface area contributed by atoms with Crippen LogP contribution in [0, 0.1) is 11.8 Å². The molecule has 0 unspecified atom stereocenters. The molecule has 0 bridgehead atoms. The van der Waals surface area contributed by atoms with Crippen LogP contribution in [-0.4, -0.2) is 26.5 Å². The number of pyridine rings is 1. The molecule has 22 heavy (non-hydrogen) atoms. The summed E-state index contributed by atoms with van der Waals surface area (Å²) in [4.78, 5) is 16.9. The number of ether oxygens (including phenoxy) is 1. The van der Waals surface area contributed by atoms with Crippen molar-refractivity contribution in [2.45, 2.75) is 0 Å². The van der Waals surface area contributed by atoms with Crippen LogP contribution in [0.5, 0.6) is 5.88 Å². The fourth-order valence-electron chi connectivity index (χ4n) is 1.58. The SMILES string of the molecule is Clc1nc(-c2cccnc2)sc1C#CCOc1cnccn1. The van der Waals surface area contributed by atoms with Crippen molar-refractivity contribution in [2.24, 2.45) is 0 Å². The van der Waals surface area contributed by atoms with Crippen LogP contribution in [-0.2, 0) is 0 Å². The minimum atomic E-state index is 0.204. The molecule has 3 aromatic rings. The number of thiazole rings is 1. The number of hydrogen-bond acceptors (Lipinski definition) is 6. The molecule has 3 aromatic heterocycles. The van der Waals surface area contributed by atoms with Gasteiger partial charge < -0.3 is 4.74 Å². The van der Waals surface area contributed by atoms with E-state index < -0.39 is 0 Å². The van der Waals surface area contributed by atoms with E-state index >= 15 is 0 Å². The lowest BCUT2D eigenvalue weighted by molar-refractivity contribution is 0.353. The van der Waals surface area contributed by atoms with Crippen LogP contribution in [0.1, 0.15) is 4.88 Å². The number of rotatable bonds is 3. The normalized spacial score (nSPS) is 9.86. The van der Waals surface area contributed by atoms with Gasteiger partial charge in [0.15, 0.2) is 11.8 Å².